The van der Waals surface area contributed by atoms with E-state index in [0.717, 1.165) is 37.1 Å². The molecule has 198 valence electrons. The lowest BCUT2D eigenvalue weighted by atomic mass is 9.71. The topological polar surface area (TPSA) is 103 Å². The number of hydrogen-bond donors (Lipinski definition) is 2. The molecule has 0 bridgehead atoms. The lowest BCUT2D eigenvalue weighted by molar-refractivity contribution is -0.118. The van der Waals surface area contributed by atoms with Gasteiger partial charge in [-0.25, -0.2) is 0 Å². The number of halogens is 1. The average Bonchev–Trinajstić information content (AvgIpc) is 2.91. The number of ether oxygens (including phenoxy) is 3. The number of hydrogen-bond acceptors (Lipinski definition) is 7. The van der Waals surface area contributed by atoms with Gasteiger partial charge in [0.15, 0.2) is 29.7 Å². The van der Waals surface area contributed by atoms with Crippen LogP contribution in [0.3, 0.4) is 0 Å². The average molecular weight is 537 g/mol. The molecule has 3 aliphatic rings. The number of methoxy groups -OCH3 is 2. The van der Waals surface area contributed by atoms with Crippen molar-refractivity contribution in [3.8, 4) is 17.2 Å². The van der Waals surface area contributed by atoms with E-state index < -0.39 is 5.92 Å². The highest BCUT2D eigenvalue weighted by molar-refractivity contribution is 6.32. The zero-order valence-electron chi connectivity index (χ0n) is 21.3. The number of anilines is 1. The summed E-state index contributed by atoms with van der Waals surface area (Å²) in [6, 6.07) is 10.4. The first kappa shape index (κ1) is 25.9. The third kappa shape index (κ3) is 5.00. The fourth-order valence-corrected chi connectivity index (χ4v) is 5.65. The molecule has 0 unspecified atom stereocenters. The van der Waals surface area contributed by atoms with Gasteiger partial charge in [0.2, 0.25) is 0 Å². The van der Waals surface area contributed by atoms with Crippen molar-refractivity contribution < 1.29 is 28.6 Å². The van der Waals surface area contributed by atoms with Crippen LogP contribution in [-0.2, 0) is 14.4 Å². The molecule has 0 fully saturated rings. The Morgan fingerprint density at radius 1 is 0.947 bits per heavy atom. The molecule has 2 aromatic rings. The third-order valence-corrected chi connectivity index (χ3v) is 7.38. The fraction of sp³-hybridized carbons (Fsp3) is 0.345. The first-order valence-electron chi connectivity index (χ1n) is 12.6. The molecule has 9 heteroatoms. The molecule has 1 aliphatic heterocycles. The number of carbonyl (C=O) groups is 3. The maximum atomic E-state index is 13.1. The van der Waals surface area contributed by atoms with E-state index in [1.54, 1.807) is 43.5 Å². The van der Waals surface area contributed by atoms with Crippen molar-refractivity contribution in [1.82, 2.24) is 5.32 Å². The van der Waals surface area contributed by atoms with Crippen molar-refractivity contribution in [3.05, 3.63) is 69.5 Å². The van der Waals surface area contributed by atoms with Gasteiger partial charge in [0.05, 0.1) is 19.2 Å². The van der Waals surface area contributed by atoms with Crippen LogP contribution in [0.25, 0.3) is 0 Å². The largest absolute Gasteiger partial charge is 0.497 e. The fourth-order valence-electron chi connectivity index (χ4n) is 5.37. The summed E-state index contributed by atoms with van der Waals surface area (Å²) in [7, 11) is 3.05. The number of allylic oxidation sites excluding steroid dienone is 4. The molecule has 0 saturated carbocycles. The Morgan fingerprint density at radius 3 is 2.16 bits per heavy atom. The zero-order chi connectivity index (χ0) is 26.8. The van der Waals surface area contributed by atoms with Crippen molar-refractivity contribution >= 4 is 34.8 Å². The summed E-state index contributed by atoms with van der Waals surface area (Å²) in [6.07, 6.45) is 3.98. The second kappa shape index (κ2) is 10.9. The van der Waals surface area contributed by atoms with Crippen LogP contribution in [0, 0.1) is 0 Å². The Labute approximate surface area is 226 Å². The quantitative estimate of drug-likeness (QED) is 0.509. The molecule has 0 saturated heterocycles. The van der Waals surface area contributed by atoms with Gasteiger partial charge in [-0.2, -0.15) is 0 Å². The molecule has 8 nitrogen and oxygen atoms in total. The molecule has 0 spiro atoms. The van der Waals surface area contributed by atoms with Gasteiger partial charge in [-0.05, 0) is 67.6 Å². The van der Waals surface area contributed by atoms with E-state index in [0.29, 0.717) is 46.7 Å². The van der Waals surface area contributed by atoms with Crippen LogP contribution >= 0.6 is 11.6 Å². The Balaban J connectivity index is 1.42. The van der Waals surface area contributed by atoms with E-state index in [1.165, 1.54) is 7.11 Å². The SMILES string of the molecule is COc1ccc(NC(=O)COc2c(Cl)cc(C3C4=C(CCCC4=O)NC4=C3C(=O)CCC4)cc2OC)cc1. The van der Waals surface area contributed by atoms with Crippen LogP contribution in [0.2, 0.25) is 5.02 Å². The van der Waals surface area contributed by atoms with Crippen molar-refractivity contribution in [2.45, 2.75) is 44.4 Å². The molecular formula is C29H29ClN2O6. The Bertz CT molecular complexity index is 1320. The van der Waals surface area contributed by atoms with Gasteiger partial charge in [-0.3, -0.25) is 14.4 Å². The van der Waals surface area contributed by atoms with Crippen molar-refractivity contribution in [2.24, 2.45) is 0 Å². The molecule has 0 atom stereocenters. The summed E-state index contributed by atoms with van der Waals surface area (Å²) < 4.78 is 16.5. The Kier molecular flexibility index (Phi) is 7.42. The van der Waals surface area contributed by atoms with E-state index in [-0.39, 0.29) is 34.9 Å². The number of amides is 1. The highest BCUT2D eigenvalue weighted by atomic mass is 35.5. The second-order valence-corrected chi connectivity index (χ2v) is 9.90. The standard InChI is InChI=1S/C29H29ClN2O6/c1-36-18-11-9-17(10-12-18)31-25(35)15-38-29-19(30)13-16(14-24(29)37-2)26-27-20(5-3-7-22(27)33)32-21-6-4-8-23(34)28(21)26/h9-14,26,32H,3-8,15H2,1-2H3,(H,31,35). The van der Waals surface area contributed by atoms with Crippen LogP contribution in [0.15, 0.2) is 58.9 Å². The van der Waals surface area contributed by atoms with E-state index in [1.807, 2.05) is 0 Å². The molecule has 1 amide bonds. The lowest BCUT2D eigenvalue weighted by Gasteiger charge is -2.37. The molecule has 0 aromatic heterocycles. The number of nitrogens with one attached hydrogen (secondary N) is 2. The molecule has 1 heterocycles. The Hall–Kier alpha value is -3.78. The summed E-state index contributed by atoms with van der Waals surface area (Å²) in [5, 5.41) is 6.39. The summed E-state index contributed by atoms with van der Waals surface area (Å²) in [5.74, 6) is 0.407. The number of carbonyl (C=O) groups excluding carboxylic acids is 3. The van der Waals surface area contributed by atoms with Crippen LogP contribution in [0.1, 0.15) is 50.0 Å². The van der Waals surface area contributed by atoms with Crippen molar-refractivity contribution in [2.75, 3.05) is 26.1 Å². The van der Waals surface area contributed by atoms with Crippen molar-refractivity contribution in [1.29, 1.82) is 0 Å². The first-order valence-corrected chi connectivity index (χ1v) is 13.0. The lowest BCUT2D eigenvalue weighted by Crippen LogP contribution is -2.36. The van der Waals surface area contributed by atoms with Gasteiger partial charge in [0.1, 0.15) is 5.75 Å². The predicted octanol–water partition coefficient (Wildman–Crippen LogP) is 5.08. The molecule has 2 aliphatic carbocycles. The van der Waals surface area contributed by atoms with Crippen LogP contribution in [0.5, 0.6) is 17.2 Å². The van der Waals surface area contributed by atoms with E-state index >= 15 is 0 Å². The van der Waals surface area contributed by atoms with Crippen LogP contribution < -0.4 is 24.8 Å². The molecular weight excluding hydrogens is 508 g/mol. The van der Waals surface area contributed by atoms with Gasteiger partial charge in [0.25, 0.3) is 5.91 Å². The normalized spacial score (nSPS) is 17.4. The van der Waals surface area contributed by atoms with Gasteiger partial charge in [-0.1, -0.05) is 11.6 Å². The minimum Gasteiger partial charge on any atom is -0.497 e. The Morgan fingerprint density at radius 2 is 1.58 bits per heavy atom. The highest BCUT2D eigenvalue weighted by Gasteiger charge is 2.40. The van der Waals surface area contributed by atoms with Crippen LogP contribution in [0.4, 0.5) is 5.69 Å². The maximum absolute atomic E-state index is 13.1. The maximum Gasteiger partial charge on any atom is 0.262 e. The van der Waals surface area contributed by atoms with E-state index in [4.69, 9.17) is 25.8 Å². The summed E-state index contributed by atoms with van der Waals surface area (Å²) in [4.78, 5) is 38.7. The third-order valence-electron chi connectivity index (χ3n) is 7.10. The van der Waals surface area contributed by atoms with Gasteiger partial charge in [0, 0.05) is 47.0 Å². The monoisotopic (exact) mass is 536 g/mol. The zero-order valence-corrected chi connectivity index (χ0v) is 22.1. The summed E-state index contributed by atoms with van der Waals surface area (Å²) >= 11 is 6.66. The van der Waals surface area contributed by atoms with Crippen LogP contribution in [-0.4, -0.2) is 38.3 Å². The van der Waals surface area contributed by atoms with Gasteiger partial charge >= 0.3 is 0 Å². The van der Waals surface area contributed by atoms with E-state index in [9.17, 15) is 14.4 Å². The molecule has 5 rings (SSSR count). The summed E-state index contributed by atoms with van der Waals surface area (Å²) in [6.45, 7) is -0.295. The molecule has 38 heavy (non-hydrogen) atoms. The molecule has 2 N–H and O–H groups in total. The second-order valence-electron chi connectivity index (χ2n) is 9.50. The minimum atomic E-state index is -0.513. The smallest absolute Gasteiger partial charge is 0.262 e. The number of rotatable bonds is 7. The number of dihydropyridines is 1. The van der Waals surface area contributed by atoms with Gasteiger partial charge in [-0.15, -0.1) is 0 Å². The predicted molar refractivity (Wildman–Crippen MR) is 143 cm³/mol. The first-order chi connectivity index (χ1) is 18.4. The molecule has 0 radical (unpaired) electrons. The number of Topliss-reactive ketones (excluding diaryl/α,β-unsaturated/α-hetero) is 2. The number of ketones is 2. The summed E-state index contributed by atoms with van der Waals surface area (Å²) in [5.41, 5.74) is 4.34. The van der Waals surface area contributed by atoms with E-state index in [2.05, 4.69) is 10.6 Å². The molecule has 2 aromatic carbocycles. The highest BCUT2D eigenvalue weighted by Crippen LogP contribution is 2.48. The van der Waals surface area contributed by atoms with Gasteiger partial charge < -0.3 is 24.8 Å². The minimum absolute atomic E-state index is 0.0410. The number of benzene rings is 2. The van der Waals surface area contributed by atoms with Crippen molar-refractivity contribution in [3.63, 3.8) is 0 Å².